The van der Waals surface area contributed by atoms with Crippen molar-refractivity contribution in [3.05, 3.63) is 83.7 Å². The van der Waals surface area contributed by atoms with Crippen LogP contribution in [0, 0.1) is 0 Å². The lowest BCUT2D eigenvalue weighted by molar-refractivity contribution is -0.143. The van der Waals surface area contributed by atoms with Crippen molar-refractivity contribution in [2.75, 3.05) is 4.90 Å². The number of amides is 1. The van der Waals surface area contributed by atoms with Gasteiger partial charge in [-0.2, -0.15) is 13.2 Å². The summed E-state index contributed by atoms with van der Waals surface area (Å²) in [4.78, 5) is 14.9. The van der Waals surface area contributed by atoms with E-state index in [1.54, 1.807) is 12.1 Å². The molecule has 164 valence electrons. The summed E-state index contributed by atoms with van der Waals surface area (Å²) in [6.45, 7) is 0.0777. The minimum absolute atomic E-state index is 0.0777. The van der Waals surface area contributed by atoms with Crippen LogP contribution in [-0.4, -0.2) is 17.2 Å². The summed E-state index contributed by atoms with van der Waals surface area (Å²) in [5.74, 6) is -0.852. The molecule has 1 amide bonds. The number of anilines is 1. The number of aromatic hydroxyl groups is 1. The molecule has 0 bridgehead atoms. The second-order valence-corrected chi connectivity index (χ2v) is 8.58. The summed E-state index contributed by atoms with van der Waals surface area (Å²) >= 11 is 1.47. The Balaban J connectivity index is 1.67. The van der Waals surface area contributed by atoms with Crippen LogP contribution in [0.25, 0.3) is 21.2 Å². The predicted molar refractivity (Wildman–Crippen MR) is 122 cm³/mol. The van der Waals surface area contributed by atoms with Gasteiger partial charge in [0.05, 0.1) is 18.7 Å². The van der Waals surface area contributed by atoms with Gasteiger partial charge in [0.15, 0.2) is 0 Å². The number of rotatable bonds is 6. The summed E-state index contributed by atoms with van der Waals surface area (Å²) in [5, 5.41) is 11.7. The minimum Gasteiger partial charge on any atom is -0.506 e. The van der Waals surface area contributed by atoms with Gasteiger partial charge >= 0.3 is 6.18 Å². The first-order chi connectivity index (χ1) is 15.3. The van der Waals surface area contributed by atoms with E-state index in [4.69, 9.17) is 0 Å². The number of phenols is 1. The summed E-state index contributed by atoms with van der Waals surface area (Å²) < 4.78 is 39.3. The molecule has 0 unspecified atom stereocenters. The van der Waals surface area contributed by atoms with E-state index in [1.165, 1.54) is 22.3 Å². The number of benzene rings is 3. The molecule has 0 spiro atoms. The van der Waals surface area contributed by atoms with Crippen molar-refractivity contribution in [3.8, 4) is 16.9 Å². The van der Waals surface area contributed by atoms with Crippen LogP contribution in [0.5, 0.6) is 5.75 Å². The van der Waals surface area contributed by atoms with Gasteiger partial charge in [-0.1, -0.05) is 54.6 Å². The zero-order valence-corrected chi connectivity index (χ0v) is 17.8. The van der Waals surface area contributed by atoms with Crippen molar-refractivity contribution in [2.24, 2.45) is 0 Å². The van der Waals surface area contributed by atoms with Gasteiger partial charge in [0.25, 0.3) is 0 Å². The van der Waals surface area contributed by atoms with Crippen molar-refractivity contribution in [3.63, 3.8) is 0 Å². The smallest absolute Gasteiger partial charge is 0.389 e. The number of carbonyl (C=O) groups excluding carboxylic acids is 1. The highest BCUT2D eigenvalue weighted by Gasteiger charge is 2.30. The van der Waals surface area contributed by atoms with Gasteiger partial charge in [-0.25, -0.2) is 0 Å². The lowest BCUT2D eigenvalue weighted by atomic mass is 10.0. The molecule has 3 aromatic carbocycles. The van der Waals surface area contributed by atoms with Crippen LogP contribution in [0.4, 0.5) is 18.9 Å². The number of alkyl halides is 3. The molecule has 32 heavy (non-hydrogen) atoms. The average Bonchev–Trinajstić information content (AvgIpc) is 3.19. The number of nitrogens with zero attached hydrogens (tertiary/aromatic N) is 1. The van der Waals surface area contributed by atoms with Crippen LogP contribution in [0.2, 0.25) is 0 Å². The first-order valence-electron chi connectivity index (χ1n) is 10.0. The largest absolute Gasteiger partial charge is 0.506 e. The molecule has 0 aliphatic carbocycles. The maximum absolute atomic E-state index is 12.8. The Labute approximate surface area is 187 Å². The molecule has 0 saturated carbocycles. The van der Waals surface area contributed by atoms with Gasteiger partial charge in [-0.05, 0) is 40.8 Å². The molecule has 4 aromatic rings. The first-order valence-corrected chi connectivity index (χ1v) is 10.8. The lowest BCUT2D eigenvalue weighted by Gasteiger charge is -2.24. The number of hydrogen-bond donors (Lipinski definition) is 1. The lowest BCUT2D eigenvalue weighted by Crippen LogP contribution is -2.31. The summed E-state index contributed by atoms with van der Waals surface area (Å²) in [6, 6.07) is 23.9. The van der Waals surface area contributed by atoms with E-state index in [0.717, 1.165) is 26.1 Å². The van der Waals surface area contributed by atoms with Gasteiger partial charge in [-0.3, -0.25) is 4.79 Å². The van der Waals surface area contributed by atoms with Gasteiger partial charge in [0, 0.05) is 16.0 Å². The van der Waals surface area contributed by atoms with Crippen molar-refractivity contribution in [2.45, 2.75) is 25.6 Å². The van der Waals surface area contributed by atoms with Crippen molar-refractivity contribution in [1.82, 2.24) is 0 Å². The van der Waals surface area contributed by atoms with Crippen LogP contribution < -0.4 is 4.90 Å². The van der Waals surface area contributed by atoms with Crippen molar-refractivity contribution < 1.29 is 23.1 Å². The molecule has 7 heteroatoms. The third-order valence-electron chi connectivity index (χ3n) is 5.09. The number of hydrogen-bond acceptors (Lipinski definition) is 3. The van der Waals surface area contributed by atoms with E-state index in [0.29, 0.717) is 0 Å². The molecule has 1 heterocycles. The quantitative estimate of drug-likeness (QED) is 0.335. The third kappa shape index (κ3) is 5.11. The Morgan fingerprint density at radius 1 is 0.906 bits per heavy atom. The Hall–Kier alpha value is -3.32. The molecule has 0 saturated heterocycles. The Morgan fingerprint density at radius 3 is 2.31 bits per heavy atom. The maximum atomic E-state index is 12.8. The highest BCUT2D eigenvalue weighted by atomic mass is 32.1. The molecule has 4 rings (SSSR count). The fourth-order valence-electron chi connectivity index (χ4n) is 3.52. The summed E-state index contributed by atoms with van der Waals surface area (Å²) in [5.41, 5.74) is 1.82. The molecule has 0 aliphatic heterocycles. The van der Waals surface area contributed by atoms with Gasteiger partial charge in [-0.15, -0.1) is 11.3 Å². The van der Waals surface area contributed by atoms with Crippen molar-refractivity contribution in [1.29, 1.82) is 0 Å². The molecule has 1 aromatic heterocycles. The fourth-order valence-corrected chi connectivity index (χ4v) is 4.58. The monoisotopic (exact) mass is 455 g/mol. The van der Waals surface area contributed by atoms with E-state index in [1.807, 2.05) is 60.7 Å². The standard InChI is InChI=1S/C25H20F3NO2S/c26-25(27,28)13-12-24(31)29(16-20-14-19-8-4-5-9-23(19)32-20)21-11-10-18(15-22(21)30)17-6-2-1-3-7-17/h1-11,14-15,30H,12-13,16H2. The third-order valence-corrected chi connectivity index (χ3v) is 6.19. The molecular weight excluding hydrogens is 435 g/mol. The highest BCUT2D eigenvalue weighted by Crippen LogP contribution is 2.36. The fraction of sp³-hybridized carbons (Fsp3) is 0.160. The maximum Gasteiger partial charge on any atom is 0.389 e. The topological polar surface area (TPSA) is 40.5 Å². The van der Waals surface area contributed by atoms with Crippen LogP contribution in [-0.2, 0) is 11.3 Å². The second kappa shape index (κ2) is 9.04. The van der Waals surface area contributed by atoms with E-state index < -0.39 is 24.9 Å². The van der Waals surface area contributed by atoms with Crippen LogP contribution in [0.1, 0.15) is 17.7 Å². The molecule has 1 N–H and O–H groups in total. The molecular formula is C25H20F3NO2S. The second-order valence-electron chi connectivity index (χ2n) is 7.42. The van der Waals surface area contributed by atoms with Gasteiger partial charge in [0.2, 0.25) is 5.91 Å². The summed E-state index contributed by atoms with van der Waals surface area (Å²) in [6.07, 6.45) is -6.33. The number of fused-ring (bicyclic) bond motifs is 1. The number of carbonyl (C=O) groups is 1. The zero-order chi connectivity index (χ0) is 22.7. The number of phenolic OH excluding ortho intramolecular Hbond substituents is 1. The van der Waals surface area contributed by atoms with Crippen LogP contribution in [0.15, 0.2) is 78.9 Å². The Kier molecular flexibility index (Phi) is 6.19. The van der Waals surface area contributed by atoms with Crippen LogP contribution in [0.3, 0.4) is 0 Å². The van der Waals surface area contributed by atoms with Gasteiger partial charge < -0.3 is 10.0 Å². The number of halogens is 3. The average molecular weight is 456 g/mol. The summed E-state index contributed by atoms with van der Waals surface area (Å²) in [7, 11) is 0. The van der Waals surface area contributed by atoms with Crippen molar-refractivity contribution >= 4 is 33.0 Å². The van der Waals surface area contributed by atoms with Gasteiger partial charge in [0.1, 0.15) is 5.75 Å². The van der Waals surface area contributed by atoms with E-state index in [2.05, 4.69) is 0 Å². The normalized spacial score (nSPS) is 11.6. The zero-order valence-electron chi connectivity index (χ0n) is 17.0. The molecule has 0 aliphatic rings. The molecule has 0 atom stereocenters. The highest BCUT2D eigenvalue weighted by molar-refractivity contribution is 7.19. The Bertz CT molecular complexity index is 1200. The SMILES string of the molecule is O=C(CCC(F)(F)F)N(Cc1cc2ccccc2s1)c1ccc(-c2ccccc2)cc1O. The van der Waals surface area contributed by atoms with E-state index in [-0.39, 0.29) is 18.0 Å². The predicted octanol–water partition coefficient (Wildman–Crippen LogP) is 7.15. The van der Waals surface area contributed by atoms with E-state index >= 15 is 0 Å². The van der Waals surface area contributed by atoms with Crippen LogP contribution >= 0.6 is 11.3 Å². The minimum atomic E-state index is -4.43. The Morgan fingerprint density at radius 2 is 1.62 bits per heavy atom. The number of thiophene rings is 1. The first kappa shape index (κ1) is 21.9. The molecule has 0 fully saturated rings. The molecule has 3 nitrogen and oxygen atoms in total. The molecule has 0 radical (unpaired) electrons. The van der Waals surface area contributed by atoms with E-state index in [9.17, 15) is 23.1 Å².